The average Bonchev–Trinajstić information content (AvgIpc) is 2.85. The van der Waals surface area contributed by atoms with Crippen molar-refractivity contribution in [2.75, 3.05) is 5.32 Å². The Morgan fingerprint density at radius 3 is 3.00 bits per heavy atom. The van der Waals surface area contributed by atoms with Gasteiger partial charge >= 0.3 is 0 Å². The third-order valence-corrected chi connectivity index (χ3v) is 2.97. The molecule has 0 saturated heterocycles. The van der Waals surface area contributed by atoms with Crippen molar-refractivity contribution in [2.24, 2.45) is 5.73 Å². The van der Waals surface area contributed by atoms with Gasteiger partial charge in [0.1, 0.15) is 5.82 Å². The Kier molecular flexibility index (Phi) is 4.34. The zero-order chi connectivity index (χ0) is 14.5. The maximum absolute atomic E-state index is 13.4. The molecule has 2 rings (SSSR count). The molecule has 1 aromatic carbocycles. The maximum Gasteiger partial charge on any atom is 0.251 e. The SMILES string of the molecule is CCCn1cncc1CNc1ccc(F)c(C(N)=O)c1. The Labute approximate surface area is 116 Å². The van der Waals surface area contributed by atoms with Crippen LogP contribution in [0.15, 0.2) is 30.7 Å². The van der Waals surface area contributed by atoms with Crippen LogP contribution in [0.4, 0.5) is 10.1 Å². The van der Waals surface area contributed by atoms with Crippen LogP contribution in [0, 0.1) is 5.82 Å². The predicted molar refractivity (Wildman–Crippen MR) is 74.8 cm³/mol. The fourth-order valence-corrected chi connectivity index (χ4v) is 1.95. The number of aromatic nitrogens is 2. The van der Waals surface area contributed by atoms with Gasteiger partial charge in [-0.1, -0.05) is 6.92 Å². The number of rotatable bonds is 6. The first-order chi connectivity index (χ1) is 9.61. The summed E-state index contributed by atoms with van der Waals surface area (Å²) in [5.74, 6) is -1.39. The predicted octanol–water partition coefficient (Wildman–Crippen LogP) is 2.14. The quantitative estimate of drug-likeness (QED) is 0.849. The highest BCUT2D eigenvalue weighted by atomic mass is 19.1. The highest BCUT2D eigenvalue weighted by Gasteiger charge is 2.09. The summed E-state index contributed by atoms with van der Waals surface area (Å²) in [7, 11) is 0. The molecule has 106 valence electrons. The summed E-state index contributed by atoms with van der Waals surface area (Å²) >= 11 is 0. The van der Waals surface area contributed by atoms with Crippen molar-refractivity contribution in [3.63, 3.8) is 0 Å². The first-order valence-electron chi connectivity index (χ1n) is 6.44. The molecule has 6 heteroatoms. The highest BCUT2D eigenvalue weighted by molar-refractivity contribution is 5.94. The molecule has 0 saturated carbocycles. The number of hydrogen-bond donors (Lipinski definition) is 2. The van der Waals surface area contributed by atoms with Gasteiger partial charge in [0.25, 0.3) is 5.91 Å². The van der Waals surface area contributed by atoms with Crippen LogP contribution in [0.5, 0.6) is 0 Å². The summed E-state index contributed by atoms with van der Waals surface area (Å²) in [6.45, 7) is 3.53. The molecular formula is C14H17FN4O. The summed E-state index contributed by atoms with van der Waals surface area (Å²) in [6, 6.07) is 4.21. The molecule has 0 spiro atoms. The number of nitrogens with one attached hydrogen (secondary N) is 1. The smallest absolute Gasteiger partial charge is 0.251 e. The minimum absolute atomic E-state index is 0.114. The molecule has 0 atom stereocenters. The van der Waals surface area contributed by atoms with Crippen LogP contribution < -0.4 is 11.1 Å². The molecule has 0 aliphatic rings. The van der Waals surface area contributed by atoms with Crippen molar-refractivity contribution < 1.29 is 9.18 Å². The number of nitrogens with zero attached hydrogens (tertiary/aromatic N) is 2. The van der Waals surface area contributed by atoms with E-state index in [1.165, 1.54) is 12.1 Å². The fraction of sp³-hybridized carbons (Fsp3) is 0.286. The number of halogens is 1. The minimum Gasteiger partial charge on any atom is -0.379 e. The summed E-state index contributed by atoms with van der Waals surface area (Å²) in [6.07, 6.45) is 4.58. The third-order valence-electron chi connectivity index (χ3n) is 2.97. The van der Waals surface area contributed by atoms with E-state index in [1.807, 2.05) is 4.57 Å². The second-order valence-corrected chi connectivity index (χ2v) is 4.49. The zero-order valence-corrected chi connectivity index (χ0v) is 11.3. The maximum atomic E-state index is 13.4. The lowest BCUT2D eigenvalue weighted by Gasteiger charge is -2.10. The Bertz CT molecular complexity index is 609. The molecule has 0 radical (unpaired) electrons. The zero-order valence-electron chi connectivity index (χ0n) is 11.3. The van der Waals surface area contributed by atoms with E-state index < -0.39 is 11.7 Å². The van der Waals surface area contributed by atoms with Crippen molar-refractivity contribution in [2.45, 2.75) is 26.4 Å². The van der Waals surface area contributed by atoms with E-state index in [0.717, 1.165) is 18.7 Å². The van der Waals surface area contributed by atoms with Gasteiger partial charge in [-0.3, -0.25) is 4.79 Å². The molecule has 0 unspecified atom stereocenters. The van der Waals surface area contributed by atoms with E-state index in [0.29, 0.717) is 12.2 Å². The Morgan fingerprint density at radius 1 is 1.50 bits per heavy atom. The molecule has 5 nitrogen and oxygen atoms in total. The number of imidazole rings is 1. The van der Waals surface area contributed by atoms with Crippen molar-refractivity contribution >= 4 is 11.6 Å². The second-order valence-electron chi connectivity index (χ2n) is 4.49. The van der Waals surface area contributed by atoms with Crippen molar-refractivity contribution in [3.8, 4) is 0 Å². The van der Waals surface area contributed by atoms with E-state index in [1.54, 1.807) is 18.6 Å². The number of primary amides is 1. The van der Waals surface area contributed by atoms with E-state index in [-0.39, 0.29) is 5.56 Å². The van der Waals surface area contributed by atoms with Crippen LogP contribution in [0.3, 0.4) is 0 Å². The topological polar surface area (TPSA) is 72.9 Å². The molecule has 1 amide bonds. The van der Waals surface area contributed by atoms with Crippen molar-refractivity contribution in [1.82, 2.24) is 9.55 Å². The van der Waals surface area contributed by atoms with Crippen LogP contribution in [0.25, 0.3) is 0 Å². The highest BCUT2D eigenvalue weighted by Crippen LogP contribution is 2.15. The van der Waals surface area contributed by atoms with Crippen LogP contribution in [-0.4, -0.2) is 15.5 Å². The normalized spacial score (nSPS) is 10.5. The largest absolute Gasteiger partial charge is 0.379 e. The molecular weight excluding hydrogens is 259 g/mol. The van der Waals surface area contributed by atoms with Gasteiger partial charge in [0.05, 0.1) is 24.1 Å². The van der Waals surface area contributed by atoms with Gasteiger partial charge < -0.3 is 15.6 Å². The molecule has 20 heavy (non-hydrogen) atoms. The van der Waals surface area contributed by atoms with Gasteiger partial charge in [0, 0.05) is 18.4 Å². The summed E-state index contributed by atoms with van der Waals surface area (Å²) in [4.78, 5) is 15.2. The van der Waals surface area contributed by atoms with Gasteiger partial charge in [-0.25, -0.2) is 9.37 Å². The lowest BCUT2D eigenvalue weighted by Crippen LogP contribution is -2.14. The van der Waals surface area contributed by atoms with Crippen LogP contribution in [-0.2, 0) is 13.1 Å². The van der Waals surface area contributed by atoms with Gasteiger partial charge in [-0.05, 0) is 24.6 Å². The van der Waals surface area contributed by atoms with Gasteiger partial charge in [0.2, 0.25) is 0 Å². The van der Waals surface area contributed by atoms with Crippen molar-refractivity contribution in [3.05, 3.63) is 47.8 Å². The third kappa shape index (κ3) is 3.14. The Morgan fingerprint density at radius 2 is 2.30 bits per heavy atom. The monoisotopic (exact) mass is 276 g/mol. The molecule has 1 aromatic heterocycles. The molecule has 0 bridgehead atoms. The summed E-state index contributed by atoms with van der Waals surface area (Å²) in [5.41, 5.74) is 6.67. The molecule has 0 aliphatic heterocycles. The second kappa shape index (κ2) is 6.18. The Hall–Kier alpha value is -2.37. The number of hydrogen-bond acceptors (Lipinski definition) is 3. The number of nitrogens with two attached hydrogens (primary N) is 1. The van der Waals surface area contributed by atoms with Gasteiger partial charge in [0.15, 0.2) is 0 Å². The van der Waals surface area contributed by atoms with Crippen LogP contribution >= 0.6 is 0 Å². The molecule has 2 aromatic rings. The molecule has 3 N–H and O–H groups in total. The van der Waals surface area contributed by atoms with E-state index in [4.69, 9.17) is 5.73 Å². The molecule has 0 fully saturated rings. The van der Waals surface area contributed by atoms with Crippen molar-refractivity contribution in [1.29, 1.82) is 0 Å². The minimum atomic E-state index is -0.776. The lowest BCUT2D eigenvalue weighted by molar-refractivity contribution is 0.0996. The Balaban J connectivity index is 2.09. The van der Waals surface area contributed by atoms with Crippen LogP contribution in [0.1, 0.15) is 29.4 Å². The number of amides is 1. The number of aryl methyl sites for hydroxylation is 1. The molecule has 1 heterocycles. The average molecular weight is 276 g/mol. The lowest BCUT2D eigenvalue weighted by atomic mass is 10.2. The van der Waals surface area contributed by atoms with Crippen LogP contribution in [0.2, 0.25) is 0 Å². The number of anilines is 1. The van der Waals surface area contributed by atoms with E-state index >= 15 is 0 Å². The molecule has 0 aliphatic carbocycles. The van der Waals surface area contributed by atoms with E-state index in [2.05, 4.69) is 17.2 Å². The first kappa shape index (κ1) is 14.0. The summed E-state index contributed by atoms with van der Waals surface area (Å²) in [5, 5.41) is 3.13. The standard InChI is InChI=1S/C14H17FN4O/c1-2-5-19-9-17-7-11(19)8-18-10-3-4-13(15)12(6-10)14(16)20/h3-4,6-7,9,18H,2,5,8H2,1H3,(H2,16,20). The number of carbonyl (C=O) groups is 1. The van der Waals surface area contributed by atoms with Gasteiger partial charge in [-0.15, -0.1) is 0 Å². The summed E-state index contributed by atoms with van der Waals surface area (Å²) < 4.78 is 15.4. The van der Waals surface area contributed by atoms with E-state index in [9.17, 15) is 9.18 Å². The fourth-order valence-electron chi connectivity index (χ4n) is 1.95. The number of carbonyl (C=O) groups excluding carboxylic acids is 1. The van der Waals surface area contributed by atoms with Gasteiger partial charge in [-0.2, -0.15) is 0 Å². The number of benzene rings is 1. The first-order valence-corrected chi connectivity index (χ1v) is 6.44.